The molecule has 0 amide bonds. The number of nitrogens with two attached hydrogens (primary N) is 1. The first-order chi connectivity index (χ1) is 5.70. The molecule has 0 heterocycles. The normalized spacial score (nSPS) is 7.83. The standard InChI is InChI=1S/C6H6BrN.C2H4O2/c7-5-1-3-6(8)4-2-5;1-4-2-3/h1-4H,8H2;2H,1H3. The molecule has 0 radical (unpaired) electrons. The molecule has 0 aliphatic carbocycles. The van der Waals surface area contributed by atoms with Crippen molar-refractivity contribution in [3.63, 3.8) is 0 Å². The van der Waals surface area contributed by atoms with Gasteiger partial charge in [0.15, 0.2) is 0 Å². The zero-order chi connectivity index (χ0) is 9.40. The van der Waals surface area contributed by atoms with Crippen LogP contribution in [0.15, 0.2) is 28.7 Å². The third kappa shape index (κ3) is 5.73. The Hall–Kier alpha value is -1.03. The van der Waals surface area contributed by atoms with E-state index in [4.69, 9.17) is 10.5 Å². The molecule has 0 aliphatic heterocycles. The van der Waals surface area contributed by atoms with Gasteiger partial charge in [0.1, 0.15) is 0 Å². The molecule has 12 heavy (non-hydrogen) atoms. The van der Waals surface area contributed by atoms with E-state index in [-0.39, 0.29) is 0 Å². The highest BCUT2D eigenvalue weighted by Crippen LogP contribution is 2.10. The molecule has 2 N–H and O–H groups in total. The van der Waals surface area contributed by atoms with Gasteiger partial charge in [0.25, 0.3) is 6.47 Å². The van der Waals surface area contributed by atoms with Crippen molar-refractivity contribution in [1.82, 2.24) is 0 Å². The maximum atomic E-state index is 8.95. The summed E-state index contributed by atoms with van der Waals surface area (Å²) in [6.07, 6.45) is 0. The van der Waals surface area contributed by atoms with E-state index in [2.05, 4.69) is 20.7 Å². The average Bonchev–Trinajstić information content (AvgIpc) is 2.11. The highest BCUT2D eigenvalue weighted by atomic mass is 79.9. The number of ether oxygens (including phenoxy) is 1. The third-order valence-electron chi connectivity index (χ3n) is 0.966. The van der Waals surface area contributed by atoms with Gasteiger partial charge < -0.3 is 10.5 Å². The van der Waals surface area contributed by atoms with E-state index >= 15 is 0 Å². The molecule has 0 fully saturated rings. The Balaban J connectivity index is 0.000000261. The lowest BCUT2D eigenvalue weighted by atomic mass is 10.3. The molecule has 1 aromatic rings. The zero-order valence-electron chi connectivity index (χ0n) is 6.66. The fourth-order valence-corrected chi connectivity index (χ4v) is 0.727. The van der Waals surface area contributed by atoms with Crippen molar-refractivity contribution in [3.8, 4) is 0 Å². The van der Waals surface area contributed by atoms with Crippen LogP contribution in [0.1, 0.15) is 0 Å². The van der Waals surface area contributed by atoms with Crippen molar-refractivity contribution in [3.05, 3.63) is 28.7 Å². The van der Waals surface area contributed by atoms with E-state index in [1.54, 1.807) is 0 Å². The number of carbonyl (C=O) groups excluding carboxylic acids is 1. The highest BCUT2D eigenvalue weighted by molar-refractivity contribution is 9.10. The SMILES string of the molecule is COC=O.Nc1ccc(Br)cc1. The van der Waals surface area contributed by atoms with E-state index in [9.17, 15) is 0 Å². The molecule has 1 aromatic carbocycles. The van der Waals surface area contributed by atoms with Crippen LogP contribution in [0.4, 0.5) is 5.69 Å². The van der Waals surface area contributed by atoms with Gasteiger partial charge in [-0.2, -0.15) is 0 Å². The summed E-state index contributed by atoms with van der Waals surface area (Å²) in [4.78, 5) is 8.95. The van der Waals surface area contributed by atoms with Crippen LogP contribution in [0, 0.1) is 0 Å². The summed E-state index contributed by atoms with van der Waals surface area (Å²) in [6.45, 7) is 0.375. The molecule has 3 nitrogen and oxygen atoms in total. The Kier molecular flexibility index (Phi) is 6.09. The number of halogens is 1. The molecule has 0 aromatic heterocycles. The van der Waals surface area contributed by atoms with Gasteiger partial charge in [0.05, 0.1) is 7.11 Å². The summed E-state index contributed by atoms with van der Waals surface area (Å²) < 4.78 is 4.92. The van der Waals surface area contributed by atoms with Gasteiger partial charge in [-0.25, -0.2) is 0 Å². The summed E-state index contributed by atoms with van der Waals surface area (Å²) in [5, 5.41) is 0. The third-order valence-corrected chi connectivity index (χ3v) is 1.49. The molecule has 0 spiro atoms. The van der Waals surface area contributed by atoms with Crippen LogP contribution < -0.4 is 5.73 Å². The van der Waals surface area contributed by atoms with E-state index < -0.39 is 0 Å². The summed E-state index contributed by atoms with van der Waals surface area (Å²) >= 11 is 3.29. The summed E-state index contributed by atoms with van der Waals surface area (Å²) in [5.41, 5.74) is 6.21. The second kappa shape index (κ2) is 6.67. The van der Waals surface area contributed by atoms with E-state index in [0.29, 0.717) is 6.47 Å². The summed E-state index contributed by atoms with van der Waals surface area (Å²) in [6, 6.07) is 7.53. The largest absolute Gasteiger partial charge is 0.471 e. The number of hydrogen-bond donors (Lipinski definition) is 1. The average molecular weight is 232 g/mol. The Labute approximate surface area is 79.6 Å². The smallest absolute Gasteiger partial charge is 0.292 e. The maximum absolute atomic E-state index is 8.95. The molecular weight excluding hydrogens is 222 g/mol. The number of methoxy groups -OCH3 is 1. The fourth-order valence-electron chi connectivity index (χ4n) is 0.463. The van der Waals surface area contributed by atoms with Crippen molar-refractivity contribution in [1.29, 1.82) is 0 Å². The summed E-state index contributed by atoms with van der Waals surface area (Å²) in [5.74, 6) is 0. The topological polar surface area (TPSA) is 52.3 Å². The van der Waals surface area contributed by atoms with Crippen LogP contribution in [0.5, 0.6) is 0 Å². The van der Waals surface area contributed by atoms with Crippen LogP contribution in [-0.4, -0.2) is 13.6 Å². The number of hydrogen-bond acceptors (Lipinski definition) is 3. The molecule has 0 atom stereocenters. The minimum atomic E-state index is 0.375. The molecule has 66 valence electrons. The van der Waals surface area contributed by atoms with Crippen molar-refractivity contribution in [2.24, 2.45) is 0 Å². The first kappa shape index (κ1) is 11.0. The Morgan fingerprint density at radius 1 is 1.42 bits per heavy atom. The minimum Gasteiger partial charge on any atom is -0.471 e. The van der Waals surface area contributed by atoms with Gasteiger partial charge in [-0.3, -0.25) is 4.79 Å². The predicted octanol–water partition coefficient (Wildman–Crippen LogP) is 1.82. The molecule has 0 bridgehead atoms. The number of rotatable bonds is 1. The number of carbonyl (C=O) groups is 1. The van der Waals surface area contributed by atoms with Gasteiger partial charge in [-0.15, -0.1) is 0 Å². The van der Waals surface area contributed by atoms with Crippen LogP contribution in [-0.2, 0) is 9.53 Å². The van der Waals surface area contributed by atoms with Gasteiger partial charge in [-0.1, -0.05) is 15.9 Å². The molecule has 1 rings (SSSR count). The fraction of sp³-hybridized carbons (Fsp3) is 0.125. The van der Waals surface area contributed by atoms with Crippen LogP contribution >= 0.6 is 15.9 Å². The van der Waals surface area contributed by atoms with E-state index in [0.717, 1.165) is 10.2 Å². The molecule has 0 aliphatic rings. The van der Waals surface area contributed by atoms with Crippen molar-refractivity contribution in [2.45, 2.75) is 0 Å². The first-order valence-corrected chi connectivity index (χ1v) is 3.97. The molecule has 4 heteroatoms. The van der Waals surface area contributed by atoms with Crippen molar-refractivity contribution >= 4 is 28.1 Å². The minimum absolute atomic E-state index is 0.375. The Bertz CT molecular complexity index is 202. The Morgan fingerprint density at radius 3 is 2.08 bits per heavy atom. The molecule has 0 unspecified atom stereocenters. The highest BCUT2D eigenvalue weighted by Gasteiger charge is 1.81. The van der Waals surface area contributed by atoms with E-state index in [1.807, 2.05) is 24.3 Å². The van der Waals surface area contributed by atoms with Crippen molar-refractivity contribution < 1.29 is 9.53 Å². The van der Waals surface area contributed by atoms with Gasteiger partial charge in [-0.05, 0) is 24.3 Å². The molecule has 0 saturated heterocycles. The Morgan fingerprint density at radius 2 is 1.83 bits per heavy atom. The number of nitrogen functional groups attached to an aromatic ring is 1. The second-order valence-electron chi connectivity index (χ2n) is 1.88. The van der Waals surface area contributed by atoms with Crippen LogP contribution in [0.2, 0.25) is 0 Å². The number of benzene rings is 1. The van der Waals surface area contributed by atoms with Crippen LogP contribution in [0.3, 0.4) is 0 Å². The summed E-state index contributed by atoms with van der Waals surface area (Å²) in [7, 11) is 1.31. The monoisotopic (exact) mass is 231 g/mol. The lowest BCUT2D eigenvalue weighted by Gasteiger charge is -1.88. The lowest BCUT2D eigenvalue weighted by molar-refractivity contribution is -0.126. The first-order valence-electron chi connectivity index (χ1n) is 3.18. The van der Waals surface area contributed by atoms with Gasteiger partial charge in [0.2, 0.25) is 0 Å². The van der Waals surface area contributed by atoms with Gasteiger partial charge in [0, 0.05) is 10.2 Å². The van der Waals surface area contributed by atoms with Gasteiger partial charge >= 0.3 is 0 Å². The predicted molar refractivity (Wildman–Crippen MR) is 51.6 cm³/mol. The van der Waals surface area contributed by atoms with Crippen molar-refractivity contribution in [2.75, 3.05) is 12.8 Å². The number of anilines is 1. The van der Waals surface area contributed by atoms with Crippen LogP contribution in [0.25, 0.3) is 0 Å². The molecular formula is C8H10BrNO2. The quantitative estimate of drug-likeness (QED) is 0.593. The van der Waals surface area contributed by atoms with E-state index in [1.165, 1.54) is 7.11 Å². The lowest BCUT2D eigenvalue weighted by Crippen LogP contribution is -1.80. The second-order valence-corrected chi connectivity index (χ2v) is 2.80. The maximum Gasteiger partial charge on any atom is 0.292 e. The molecule has 0 saturated carbocycles. The zero-order valence-corrected chi connectivity index (χ0v) is 8.24.